The maximum absolute atomic E-state index is 13.0. The van der Waals surface area contributed by atoms with Gasteiger partial charge in [-0.25, -0.2) is 0 Å². The van der Waals surface area contributed by atoms with Gasteiger partial charge in [-0.15, -0.1) is 11.8 Å². The fraction of sp³-hybridized carbons (Fsp3) is 0.579. The zero-order chi connectivity index (χ0) is 18.0. The first-order chi connectivity index (χ1) is 12.0. The molecule has 1 aromatic rings. The second-order valence-corrected chi connectivity index (χ2v) is 8.04. The van der Waals surface area contributed by atoms with Crippen LogP contribution in [0.25, 0.3) is 0 Å². The Balaban J connectivity index is 1.72. The van der Waals surface area contributed by atoms with E-state index in [4.69, 9.17) is 5.73 Å². The Kier molecular flexibility index (Phi) is 5.69. The van der Waals surface area contributed by atoms with E-state index in [0.717, 1.165) is 30.0 Å². The molecule has 0 saturated carbocycles. The molecule has 3 unspecified atom stereocenters. The van der Waals surface area contributed by atoms with Crippen LogP contribution >= 0.6 is 11.8 Å². The highest BCUT2D eigenvalue weighted by atomic mass is 32.2. The average Bonchev–Trinajstić information content (AvgIpc) is 3.02. The Morgan fingerprint density at radius 1 is 1.40 bits per heavy atom. The topological polar surface area (TPSA) is 66.6 Å². The number of carbonyl (C=O) groups excluding carboxylic acids is 2. The molecule has 5 nitrogen and oxygen atoms in total. The molecule has 2 amide bonds. The Hall–Kier alpha value is -1.53. The lowest BCUT2D eigenvalue weighted by Gasteiger charge is -2.39. The summed E-state index contributed by atoms with van der Waals surface area (Å²) in [4.78, 5) is 30.3. The second-order valence-electron chi connectivity index (χ2n) is 7.16. The van der Waals surface area contributed by atoms with Crippen molar-refractivity contribution < 1.29 is 9.59 Å². The van der Waals surface area contributed by atoms with Crippen LogP contribution in [0.1, 0.15) is 26.2 Å². The first-order valence-corrected chi connectivity index (χ1v) is 10.2. The summed E-state index contributed by atoms with van der Waals surface area (Å²) < 4.78 is 0. The van der Waals surface area contributed by atoms with Gasteiger partial charge in [0.2, 0.25) is 11.8 Å². The molecular weight excluding hydrogens is 334 g/mol. The summed E-state index contributed by atoms with van der Waals surface area (Å²) in [5.41, 5.74) is 6.78. The predicted molar refractivity (Wildman–Crippen MR) is 102 cm³/mol. The third-order valence-corrected chi connectivity index (χ3v) is 6.10. The zero-order valence-electron chi connectivity index (χ0n) is 15.0. The van der Waals surface area contributed by atoms with Gasteiger partial charge in [0.05, 0.1) is 5.92 Å². The van der Waals surface area contributed by atoms with Crippen molar-refractivity contribution in [3.8, 4) is 0 Å². The predicted octanol–water partition coefficient (Wildman–Crippen LogP) is 2.35. The van der Waals surface area contributed by atoms with Crippen LogP contribution < -0.4 is 10.6 Å². The molecule has 0 spiro atoms. The van der Waals surface area contributed by atoms with Crippen LogP contribution in [0.15, 0.2) is 29.2 Å². The number of nitrogens with two attached hydrogens (primary N) is 1. The molecule has 2 N–H and O–H groups in total. The normalized spacial score (nSPS) is 27.0. The summed E-state index contributed by atoms with van der Waals surface area (Å²) in [5, 5.41) is 0. The third-order valence-electron chi connectivity index (χ3n) is 5.37. The Morgan fingerprint density at radius 2 is 2.20 bits per heavy atom. The molecule has 0 radical (unpaired) electrons. The molecule has 0 aromatic heterocycles. The number of hydrogen-bond acceptors (Lipinski definition) is 4. The van der Waals surface area contributed by atoms with Gasteiger partial charge < -0.3 is 15.5 Å². The lowest BCUT2D eigenvalue weighted by molar-refractivity contribution is -0.139. The van der Waals surface area contributed by atoms with Crippen LogP contribution in [0, 0.1) is 11.8 Å². The zero-order valence-corrected chi connectivity index (χ0v) is 15.8. The molecule has 2 fully saturated rings. The van der Waals surface area contributed by atoms with E-state index in [-0.39, 0.29) is 23.8 Å². The number of rotatable bonds is 4. The highest BCUT2D eigenvalue weighted by Gasteiger charge is 2.40. The van der Waals surface area contributed by atoms with Crippen LogP contribution in [0.4, 0.5) is 5.69 Å². The maximum Gasteiger partial charge on any atom is 0.228 e. The van der Waals surface area contributed by atoms with Crippen molar-refractivity contribution in [3.63, 3.8) is 0 Å². The van der Waals surface area contributed by atoms with E-state index in [1.54, 1.807) is 16.7 Å². The summed E-state index contributed by atoms with van der Waals surface area (Å²) in [6.45, 7) is 3.94. The molecule has 0 aliphatic carbocycles. The van der Waals surface area contributed by atoms with Crippen molar-refractivity contribution in [1.29, 1.82) is 0 Å². The van der Waals surface area contributed by atoms with Gasteiger partial charge in [-0.3, -0.25) is 9.59 Å². The summed E-state index contributed by atoms with van der Waals surface area (Å²) in [6.07, 6.45) is 4.29. The highest BCUT2D eigenvalue weighted by molar-refractivity contribution is 7.98. The number of amides is 2. The van der Waals surface area contributed by atoms with Crippen molar-refractivity contribution in [1.82, 2.24) is 4.90 Å². The largest absolute Gasteiger partial charge is 0.338 e. The van der Waals surface area contributed by atoms with Gasteiger partial charge in [-0.05, 0) is 43.2 Å². The van der Waals surface area contributed by atoms with Crippen molar-refractivity contribution in [3.05, 3.63) is 24.3 Å². The third kappa shape index (κ3) is 3.85. The maximum atomic E-state index is 13.0. The number of carbonyl (C=O) groups is 2. The monoisotopic (exact) mass is 361 g/mol. The molecular formula is C19H27N3O2S. The minimum Gasteiger partial charge on any atom is -0.338 e. The molecule has 6 heteroatoms. The first kappa shape index (κ1) is 18.3. The number of thioether (sulfide) groups is 1. The highest BCUT2D eigenvalue weighted by Crippen LogP contribution is 2.31. The first-order valence-electron chi connectivity index (χ1n) is 8.98. The van der Waals surface area contributed by atoms with Crippen LogP contribution in [-0.2, 0) is 9.59 Å². The molecule has 0 bridgehead atoms. The lowest BCUT2D eigenvalue weighted by Crippen LogP contribution is -2.51. The van der Waals surface area contributed by atoms with Gasteiger partial charge >= 0.3 is 0 Å². The number of likely N-dealkylation sites (tertiary alicyclic amines) is 1. The van der Waals surface area contributed by atoms with E-state index < -0.39 is 0 Å². The molecule has 25 heavy (non-hydrogen) atoms. The average molecular weight is 362 g/mol. The molecule has 2 saturated heterocycles. The van der Waals surface area contributed by atoms with E-state index in [2.05, 4.69) is 6.92 Å². The van der Waals surface area contributed by atoms with Gasteiger partial charge in [0.15, 0.2) is 0 Å². The number of hydrogen-bond donors (Lipinski definition) is 1. The van der Waals surface area contributed by atoms with Gasteiger partial charge in [0.1, 0.15) is 0 Å². The Bertz CT molecular complexity index is 651. The SMILES string of the molecule is CSc1cccc(N2CC(C(=O)N3CCC(C)CC3CN)CC2=O)c1. The molecule has 2 heterocycles. The van der Waals surface area contributed by atoms with Gasteiger partial charge in [-0.1, -0.05) is 13.0 Å². The van der Waals surface area contributed by atoms with E-state index in [9.17, 15) is 9.59 Å². The van der Waals surface area contributed by atoms with E-state index in [0.29, 0.717) is 25.4 Å². The fourth-order valence-corrected chi connectivity index (χ4v) is 4.35. The van der Waals surface area contributed by atoms with Gasteiger partial charge in [0, 0.05) is 42.7 Å². The standard InChI is InChI=1S/C19H27N3O2S/c1-13-6-7-21(16(8-13)11-20)19(24)14-9-18(23)22(12-14)15-4-3-5-17(10-15)25-2/h3-5,10,13-14,16H,6-9,11-12,20H2,1-2H3. The smallest absolute Gasteiger partial charge is 0.228 e. The van der Waals surface area contributed by atoms with Crippen LogP contribution in [0.2, 0.25) is 0 Å². The quantitative estimate of drug-likeness (QED) is 0.836. The minimum absolute atomic E-state index is 0.0336. The van der Waals surface area contributed by atoms with Crippen LogP contribution in [0.5, 0.6) is 0 Å². The summed E-state index contributed by atoms with van der Waals surface area (Å²) >= 11 is 1.65. The van der Waals surface area contributed by atoms with E-state index in [1.807, 2.05) is 35.4 Å². The Morgan fingerprint density at radius 3 is 2.92 bits per heavy atom. The molecule has 2 aliphatic rings. The molecule has 2 aliphatic heterocycles. The van der Waals surface area contributed by atoms with Crippen LogP contribution in [-0.4, -0.2) is 48.6 Å². The van der Waals surface area contributed by atoms with Gasteiger partial charge in [-0.2, -0.15) is 0 Å². The van der Waals surface area contributed by atoms with E-state index >= 15 is 0 Å². The van der Waals surface area contributed by atoms with Gasteiger partial charge in [0.25, 0.3) is 0 Å². The number of benzene rings is 1. The molecule has 3 rings (SSSR count). The number of anilines is 1. The van der Waals surface area contributed by atoms with E-state index in [1.165, 1.54) is 0 Å². The summed E-state index contributed by atoms with van der Waals surface area (Å²) in [6, 6.07) is 8.05. The van der Waals surface area contributed by atoms with Crippen molar-refractivity contribution >= 4 is 29.3 Å². The summed E-state index contributed by atoms with van der Waals surface area (Å²) in [7, 11) is 0. The van der Waals surface area contributed by atoms with Crippen LogP contribution in [0.3, 0.4) is 0 Å². The fourth-order valence-electron chi connectivity index (χ4n) is 3.90. The van der Waals surface area contributed by atoms with Crippen molar-refractivity contribution in [2.24, 2.45) is 17.6 Å². The van der Waals surface area contributed by atoms with Crippen molar-refractivity contribution in [2.75, 3.05) is 30.8 Å². The Labute approximate surface area is 153 Å². The minimum atomic E-state index is -0.257. The molecule has 1 aromatic carbocycles. The summed E-state index contributed by atoms with van der Waals surface area (Å²) in [5.74, 6) is 0.479. The van der Waals surface area contributed by atoms with Crippen molar-refractivity contribution in [2.45, 2.75) is 37.1 Å². The second kappa shape index (κ2) is 7.79. The molecule has 136 valence electrons. The number of nitrogens with zero attached hydrogens (tertiary/aromatic N) is 2. The number of piperidine rings is 1. The molecule has 3 atom stereocenters. The lowest BCUT2D eigenvalue weighted by atomic mass is 9.91.